The van der Waals surface area contributed by atoms with Gasteiger partial charge in [0.05, 0.1) is 17.7 Å². The average Bonchev–Trinajstić information content (AvgIpc) is 3.24. The van der Waals surface area contributed by atoms with E-state index in [0.717, 1.165) is 11.1 Å². The number of ether oxygens (including phenoxy) is 1. The predicted molar refractivity (Wildman–Crippen MR) is 129 cm³/mol. The highest BCUT2D eigenvalue weighted by molar-refractivity contribution is 6.30. The summed E-state index contributed by atoms with van der Waals surface area (Å²) in [6.07, 6.45) is 1.85. The van der Waals surface area contributed by atoms with E-state index in [1.807, 2.05) is 36.4 Å². The molecule has 0 spiro atoms. The van der Waals surface area contributed by atoms with Gasteiger partial charge in [-0.2, -0.15) is 0 Å². The van der Waals surface area contributed by atoms with E-state index < -0.39 is 11.6 Å². The summed E-state index contributed by atoms with van der Waals surface area (Å²) in [5, 5.41) is 12.6. The van der Waals surface area contributed by atoms with E-state index in [2.05, 4.69) is 20.4 Å². The first-order valence-corrected chi connectivity index (χ1v) is 11.3. The fourth-order valence-corrected chi connectivity index (χ4v) is 4.28. The van der Waals surface area contributed by atoms with E-state index in [1.54, 1.807) is 18.2 Å². The summed E-state index contributed by atoms with van der Waals surface area (Å²) in [5.41, 5.74) is 7.65. The molecular weight excluding hydrogens is 431 g/mol. The van der Waals surface area contributed by atoms with Gasteiger partial charge in [-0.3, -0.25) is 0 Å². The first-order chi connectivity index (χ1) is 14.7. The lowest BCUT2D eigenvalue weighted by Gasteiger charge is -2.34. The molecule has 0 saturated heterocycles. The molecule has 166 valence electrons. The fourth-order valence-electron chi connectivity index (χ4n) is 3.95. The van der Waals surface area contributed by atoms with Crippen molar-refractivity contribution in [1.29, 1.82) is 0 Å². The average molecular weight is 461 g/mol. The highest BCUT2D eigenvalue weighted by Gasteiger charge is 2.41. The summed E-state index contributed by atoms with van der Waals surface area (Å²) in [6.45, 7) is 8.64. The van der Waals surface area contributed by atoms with Gasteiger partial charge in [0, 0.05) is 16.0 Å². The third-order valence-electron chi connectivity index (χ3n) is 5.83. The Kier molecular flexibility index (Phi) is 7.82. The highest BCUT2D eigenvalue weighted by atomic mass is 35.5. The van der Waals surface area contributed by atoms with Crippen molar-refractivity contribution in [1.82, 2.24) is 0 Å². The van der Waals surface area contributed by atoms with Crippen LogP contribution < -0.4 is 5.73 Å². The molecule has 2 aromatic rings. The van der Waals surface area contributed by atoms with Crippen LogP contribution in [0.25, 0.3) is 0 Å². The molecule has 4 atom stereocenters. The van der Waals surface area contributed by atoms with Crippen molar-refractivity contribution < 1.29 is 9.84 Å². The quantitative estimate of drug-likeness (QED) is 0.455. The Morgan fingerprint density at radius 1 is 1.19 bits per heavy atom. The van der Waals surface area contributed by atoms with Crippen LogP contribution in [-0.2, 0) is 4.74 Å². The maximum absolute atomic E-state index is 11.4. The number of halogens is 2. The summed E-state index contributed by atoms with van der Waals surface area (Å²) < 4.78 is 5.96. The van der Waals surface area contributed by atoms with Gasteiger partial charge in [0.2, 0.25) is 5.90 Å². The molecular formula is C25H30Cl2N2O2. The second-order valence-electron chi connectivity index (χ2n) is 8.57. The van der Waals surface area contributed by atoms with Gasteiger partial charge in [-0.05, 0) is 54.2 Å². The van der Waals surface area contributed by atoms with E-state index in [-0.39, 0.29) is 12.0 Å². The van der Waals surface area contributed by atoms with Crippen LogP contribution in [0.2, 0.25) is 10.0 Å². The van der Waals surface area contributed by atoms with Crippen molar-refractivity contribution in [3.63, 3.8) is 0 Å². The van der Waals surface area contributed by atoms with Gasteiger partial charge in [0.1, 0.15) is 6.61 Å². The number of aliphatic hydroxyl groups excluding tert-OH is 1. The first kappa shape index (κ1) is 23.8. The van der Waals surface area contributed by atoms with Crippen molar-refractivity contribution in [3.8, 4) is 0 Å². The van der Waals surface area contributed by atoms with Gasteiger partial charge in [0.15, 0.2) is 0 Å². The zero-order chi connectivity index (χ0) is 22.6. The minimum atomic E-state index is -0.897. The number of nitrogens with zero attached hydrogens (tertiary/aromatic N) is 1. The van der Waals surface area contributed by atoms with E-state index in [9.17, 15) is 5.11 Å². The second kappa shape index (κ2) is 10.2. The van der Waals surface area contributed by atoms with Crippen molar-refractivity contribution in [2.45, 2.75) is 50.3 Å². The molecule has 2 aromatic carbocycles. The molecule has 0 radical (unpaired) electrons. The number of nitrogens with two attached hydrogens (primary N) is 1. The zero-order valence-corrected chi connectivity index (χ0v) is 19.5. The lowest BCUT2D eigenvalue weighted by Crippen LogP contribution is -2.49. The van der Waals surface area contributed by atoms with Crippen LogP contribution in [0, 0.1) is 5.92 Å². The normalized spacial score (nSPS) is 20.0. The molecule has 1 aliphatic heterocycles. The topological polar surface area (TPSA) is 67.8 Å². The molecule has 0 unspecified atom stereocenters. The van der Waals surface area contributed by atoms with E-state index >= 15 is 0 Å². The van der Waals surface area contributed by atoms with Gasteiger partial charge in [-0.15, -0.1) is 6.58 Å². The second-order valence-corrected chi connectivity index (χ2v) is 9.44. The number of aliphatic hydroxyl groups is 1. The van der Waals surface area contributed by atoms with Crippen molar-refractivity contribution in [2.75, 3.05) is 6.61 Å². The summed E-state index contributed by atoms with van der Waals surface area (Å²) in [6, 6.07) is 14.8. The third kappa shape index (κ3) is 5.69. The van der Waals surface area contributed by atoms with Crippen LogP contribution in [-0.4, -0.2) is 29.2 Å². The third-order valence-corrected chi connectivity index (χ3v) is 6.32. The minimum Gasteiger partial charge on any atom is -0.477 e. The molecule has 31 heavy (non-hydrogen) atoms. The molecule has 4 nitrogen and oxygen atoms in total. The molecule has 6 heteroatoms. The molecule has 3 N–H and O–H groups in total. The first-order valence-electron chi connectivity index (χ1n) is 10.5. The molecule has 1 aliphatic rings. The maximum atomic E-state index is 11.4. The van der Waals surface area contributed by atoms with Gasteiger partial charge in [-0.1, -0.05) is 67.4 Å². The number of aliphatic imine (C=N–C) groups is 1. The lowest BCUT2D eigenvalue weighted by atomic mass is 9.77. The Bertz CT molecular complexity index is 929. The highest BCUT2D eigenvalue weighted by Crippen LogP contribution is 2.40. The van der Waals surface area contributed by atoms with Crippen LogP contribution in [0.5, 0.6) is 0 Å². The van der Waals surface area contributed by atoms with Crippen LogP contribution in [0.4, 0.5) is 0 Å². The Balaban J connectivity index is 2.00. The summed E-state index contributed by atoms with van der Waals surface area (Å²) in [4.78, 5) is 4.78. The Hall–Kier alpha value is -1.85. The lowest BCUT2D eigenvalue weighted by molar-refractivity contribution is 0.130. The number of benzene rings is 2. The predicted octanol–water partition coefficient (Wildman–Crippen LogP) is 5.93. The van der Waals surface area contributed by atoms with E-state index in [1.165, 1.54) is 0 Å². The van der Waals surface area contributed by atoms with E-state index in [0.29, 0.717) is 41.3 Å². The minimum absolute atomic E-state index is 0.0774. The summed E-state index contributed by atoms with van der Waals surface area (Å²) in [5.74, 6) is 0.546. The van der Waals surface area contributed by atoms with Crippen molar-refractivity contribution in [3.05, 3.63) is 82.4 Å². The Morgan fingerprint density at radius 3 is 2.48 bits per heavy atom. The summed E-state index contributed by atoms with van der Waals surface area (Å²) >= 11 is 12.3. The molecule has 1 heterocycles. The summed E-state index contributed by atoms with van der Waals surface area (Å²) in [7, 11) is 0. The smallest absolute Gasteiger partial charge is 0.204 e. The van der Waals surface area contributed by atoms with Gasteiger partial charge in [0.25, 0.3) is 0 Å². The molecule has 0 aromatic heterocycles. The van der Waals surface area contributed by atoms with Crippen LogP contribution in [0.1, 0.15) is 49.8 Å². The molecule has 0 aliphatic carbocycles. The number of hydrogen-bond acceptors (Lipinski definition) is 4. The largest absolute Gasteiger partial charge is 0.477 e. The molecule has 0 saturated carbocycles. The standard InChI is InChI=1S/C25H30Cl2N2O2/c1-4-12-25(28,24-29-22(15-31-24)16(2)3)14-21(18-6-5-7-20(27)13-18)23(30)17-8-10-19(26)11-9-17/h4-11,13,16,21-23,30H,1,12,14-15,28H2,2-3H3/t21-,22-,23+,25-/m1/s1. The zero-order valence-electron chi connectivity index (χ0n) is 18.0. The SMILES string of the molecule is C=CC[C@@](N)(C[C@H](c1cccc(Cl)c1)[C@@H](O)c1ccc(Cl)cc1)C1=N[C@@H](C(C)C)CO1. The van der Waals surface area contributed by atoms with Crippen LogP contribution >= 0.6 is 23.2 Å². The van der Waals surface area contributed by atoms with Crippen LogP contribution in [0.15, 0.2) is 66.2 Å². The molecule has 0 amide bonds. The molecule has 0 bridgehead atoms. The number of hydrogen-bond donors (Lipinski definition) is 2. The van der Waals surface area contributed by atoms with Gasteiger partial charge in [-0.25, -0.2) is 4.99 Å². The fraction of sp³-hybridized carbons (Fsp3) is 0.400. The van der Waals surface area contributed by atoms with Gasteiger partial charge >= 0.3 is 0 Å². The van der Waals surface area contributed by atoms with E-state index in [4.69, 9.17) is 38.7 Å². The maximum Gasteiger partial charge on any atom is 0.204 e. The number of rotatable bonds is 9. The monoisotopic (exact) mass is 460 g/mol. The van der Waals surface area contributed by atoms with Gasteiger partial charge < -0.3 is 15.6 Å². The molecule has 0 fully saturated rings. The molecule has 3 rings (SSSR count). The van der Waals surface area contributed by atoms with Crippen molar-refractivity contribution >= 4 is 29.1 Å². The van der Waals surface area contributed by atoms with Crippen LogP contribution in [0.3, 0.4) is 0 Å². The Morgan fingerprint density at radius 2 is 1.90 bits per heavy atom. The Labute approximate surface area is 194 Å². The van der Waals surface area contributed by atoms with Crippen molar-refractivity contribution in [2.24, 2.45) is 16.6 Å².